The van der Waals surface area contributed by atoms with Gasteiger partial charge in [0.25, 0.3) is 0 Å². The van der Waals surface area contributed by atoms with Gasteiger partial charge in [0.2, 0.25) is 0 Å². The van der Waals surface area contributed by atoms with Crippen LogP contribution in [0.5, 0.6) is 0 Å². The van der Waals surface area contributed by atoms with Crippen LogP contribution in [0.4, 0.5) is 0 Å². The van der Waals surface area contributed by atoms with Crippen molar-refractivity contribution in [2.24, 2.45) is 23.7 Å². The van der Waals surface area contributed by atoms with E-state index in [1.807, 2.05) is 0 Å². The van der Waals surface area contributed by atoms with Gasteiger partial charge in [-0.25, -0.2) is 0 Å². The largest absolute Gasteiger partial charge is 0.300 e. The summed E-state index contributed by atoms with van der Waals surface area (Å²) in [5, 5.41) is 0. The predicted molar refractivity (Wildman–Crippen MR) is 88.3 cm³/mol. The third-order valence-electron chi connectivity index (χ3n) is 6.85. The molecule has 1 heterocycles. The second kappa shape index (κ2) is 6.04. The molecule has 2 saturated carbocycles. The summed E-state index contributed by atoms with van der Waals surface area (Å²) in [4.78, 5) is 5.59. The predicted octanol–water partition coefficient (Wildman–Crippen LogP) is 3.39. The van der Waals surface area contributed by atoms with Crippen LogP contribution in [0.2, 0.25) is 0 Å². The highest BCUT2D eigenvalue weighted by molar-refractivity contribution is 5.10. The van der Waals surface area contributed by atoms with Crippen molar-refractivity contribution in [3.8, 4) is 0 Å². The summed E-state index contributed by atoms with van der Waals surface area (Å²) in [5.41, 5.74) is 0. The zero-order valence-corrected chi connectivity index (χ0v) is 13.7. The van der Waals surface area contributed by atoms with Crippen LogP contribution in [-0.4, -0.2) is 48.6 Å². The summed E-state index contributed by atoms with van der Waals surface area (Å²) in [7, 11) is 0. The van der Waals surface area contributed by atoms with Gasteiger partial charge in [0, 0.05) is 38.8 Å². The number of allylic oxidation sites excluding steroid dienone is 2. The second-order valence-corrected chi connectivity index (χ2v) is 8.21. The molecule has 2 nitrogen and oxygen atoms in total. The van der Waals surface area contributed by atoms with Gasteiger partial charge in [0.05, 0.1) is 0 Å². The molecule has 118 valence electrons. The Bertz CT molecular complexity index is 383. The first-order valence-corrected chi connectivity index (χ1v) is 9.44. The topological polar surface area (TPSA) is 6.48 Å². The highest BCUT2D eigenvalue weighted by atomic mass is 15.3. The average molecular weight is 288 g/mol. The van der Waals surface area contributed by atoms with Gasteiger partial charge in [-0.15, -0.1) is 0 Å². The first-order valence-electron chi connectivity index (χ1n) is 9.44. The van der Waals surface area contributed by atoms with Crippen molar-refractivity contribution in [3.63, 3.8) is 0 Å². The van der Waals surface area contributed by atoms with Gasteiger partial charge < -0.3 is 4.90 Å². The van der Waals surface area contributed by atoms with Crippen molar-refractivity contribution in [1.29, 1.82) is 0 Å². The molecule has 3 fully saturated rings. The van der Waals surface area contributed by atoms with Crippen LogP contribution >= 0.6 is 0 Å². The molecule has 0 spiro atoms. The zero-order valence-electron chi connectivity index (χ0n) is 13.7. The number of fused-ring (bicyclic) bond motifs is 2. The molecule has 0 aromatic carbocycles. The molecule has 0 N–H and O–H groups in total. The van der Waals surface area contributed by atoms with E-state index in [2.05, 4.69) is 28.9 Å². The fourth-order valence-corrected chi connectivity index (χ4v) is 5.55. The van der Waals surface area contributed by atoms with E-state index < -0.39 is 0 Å². The Balaban J connectivity index is 1.26. The van der Waals surface area contributed by atoms with E-state index >= 15 is 0 Å². The smallest absolute Gasteiger partial charge is 0.0122 e. The molecule has 0 unspecified atom stereocenters. The molecule has 2 bridgehead atoms. The standard InChI is InChI=1S/C19H32N2/c1-15-4-2-3-5-19(15)21-10-8-20(9-11-21)14-18-13-16-6-7-17(18)12-16/h6-7,15-19H,2-5,8-14H2,1H3/t15-,16+,17+,18+,19-/m1/s1. The number of hydrogen-bond acceptors (Lipinski definition) is 2. The average Bonchev–Trinajstić information content (AvgIpc) is 3.11. The minimum atomic E-state index is 0.895. The van der Waals surface area contributed by atoms with Crippen molar-refractivity contribution >= 4 is 0 Å². The number of hydrogen-bond donors (Lipinski definition) is 0. The van der Waals surface area contributed by atoms with Gasteiger partial charge in [0.1, 0.15) is 0 Å². The SMILES string of the molecule is C[C@@H]1CCCC[C@H]1N1CCN(C[C@@H]2C[C@H]3C=C[C@H]2C3)CC1. The van der Waals surface area contributed by atoms with Crippen LogP contribution in [0.25, 0.3) is 0 Å². The van der Waals surface area contributed by atoms with E-state index in [9.17, 15) is 0 Å². The van der Waals surface area contributed by atoms with E-state index in [0.29, 0.717) is 0 Å². The first kappa shape index (κ1) is 14.3. The number of nitrogens with zero attached hydrogens (tertiary/aromatic N) is 2. The molecule has 5 atom stereocenters. The van der Waals surface area contributed by atoms with E-state index in [-0.39, 0.29) is 0 Å². The lowest BCUT2D eigenvalue weighted by Crippen LogP contribution is -2.53. The van der Waals surface area contributed by atoms with Crippen molar-refractivity contribution in [2.45, 2.75) is 51.5 Å². The van der Waals surface area contributed by atoms with Gasteiger partial charge in [-0.05, 0) is 49.4 Å². The van der Waals surface area contributed by atoms with Gasteiger partial charge >= 0.3 is 0 Å². The van der Waals surface area contributed by atoms with Crippen LogP contribution in [0.15, 0.2) is 12.2 Å². The quantitative estimate of drug-likeness (QED) is 0.735. The lowest BCUT2D eigenvalue weighted by molar-refractivity contribution is 0.0471. The minimum absolute atomic E-state index is 0.895. The van der Waals surface area contributed by atoms with Crippen LogP contribution in [0, 0.1) is 23.7 Å². The van der Waals surface area contributed by atoms with E-state index in [0.717, 1.165) is 29.7 Å². The summed E-state index contributed by atoms with van der Waals surface area (Å²) < 4.78 is 0. The Labute approximate surface area is 130 Å². The van der Waals surface area contributed by atoms with Crippen molar-refractivity contribution < 1.29 is 0 Å². The molecular weight excluding hydrogens is 256 g/mol. The van der Waals surface area contributed by atoms with Gasteiger partial charge in [-0.2, -0.15) is 0 Å². The second-order valence-electron chi connectivity index (χ2n) is 8.21. The van der Waals surface area contributed by atoms with Crippen LogP contribution < -0.4 is 0 Å². The molecule has 1 aliphatic heterocycles. The maximum Gasteiger partial charge on any atom is 0.0122 e. The van der Waals surface area contributed by atoms with Crippen LogP contribution in [0.3, 0.4) is 0 Å². The Morgan fingerprint density at radius 2 is 1.76 bits per heavy atom. The third-order valence-corrected chi connectivity index (χ3v) is 6.85. The highest BCUT2D eigenvalue weighted by Crippen LogP contribution is 2.43. The van der Waals surface area contributed by atoms with Gasteiger partial charge in [-0.3, -0.25) is 4.90 Å². The Hall–Kier alpha value is -0.340. The maximum atomic E-state index is 2.82. The van der Waals surface area contributed by atoms with Crippen molar-refractivity contribution in [2.75, 3.05) is 32.7 Å². The Kier molecular flexibility index (Phi) is 4.10. The molecule has 0 amide bonds. The van der Waals surface area contributed by atoms with Crippen LogP contribution in [0.1, 0.15) is 45.4 Å². The normalized spacial score (nSPS) is 44.5. The minimum Gasteiger partial charge on any atom is -0.300 e. The first-order chi connectivity index (χ1) is 10.3. The summed E-state index contributed by atoms with van der Waals surface area (Å²) in [6, 6.07) is 0.895. The molecule has 4 aliphatic rings. The molecule has 4 rings (SSSR count). The fourth-order valence-electron chi connectivity index (χ4n) is 5.55. The molecule has 0 aromatic heterocycles. The molecule has 1 saturated heterocycles. The number of rotatable bonds is 3. The molecule has 21 heavy (non-hydrogen) atoms. The van der Waals surface area contributed by atoms with E-state index in [1.165, 1.54) is 71.2 Å². The van der Waals surface area contributed by atoms with E-state index in [4.69, 9.17) is 0 Å². The Morgan fingerprint density at radius 3 is 2.43 bits per heavy atom. The summed E-state index contributed by atoms with van der Waals surface area (Å²) in [6.45, 7) is 9.15. The highest BCUT2D eigenvalue weighted by Gasteiger charge is 2.37. The van der Waals surface area contributed by atoms with Gasteiger partial charge in [0.15, 0.2) is 0 Å². The summed E-state index contributed by atoms with van der Waals surface area (Å²) >= 11 is 0. The third kappa shape index (κ3) is 2.94. The summed E-state index contributed by atoms with van der Waals surface area (Å²) in [6.07, 6.45) is 13.8. The zero-order chi connectivity index (χ0) is 14.2. The van der Waals surface area contributed by atoms with Crippen molar-refractivity contribution in [3.05, 3.63) is 12.2 Å². The molecule has 3 aliphatic carbocycles. The van der Waals surface area contributed by atoms with Crippen LogP contribution in [-0.2, 0) is 0 Å². The molecule has 0 radical (unpaired) electrons. The maximum absolute atomic E-state index is 2.82. The molecule has 2 heteroatoms. The van der Waals surface area contributed by atoms with Crippen molar-refractivity contribution in [1.82, 2.24) is 9.80 Å². The number of piperazine rings is 1. The molecule has 0 aromatic rings. The monoisotopic (exact) mass is 288 g/mol. The van der Waals surface area contributed by atoms with E-state index in [1.54, 1.807) is 0 Å². The lowest BCUT2D eigenvalue weighted by atomic mass is 9.84. The summed E-state index contributed by atoms with van der Waals surface area (Å²) in [5.74, 6) is 3.76. The Morgan fingerprint density at radius 1 is 0.952 bits per heavy atom. The lowest BCUT2D eigenvalue weighted by Gasteiger charge is -2.44. The van der Waals surface area contributed by atoms with Gasteiger partial charge in [-0.1, -0.05) is 31.9 Å². The molecular formula is C19H32N2. The fraction of sp³-hybridized carbons (Fsp3) is 0.895.